The van der Waals surface area contributed by atoms with E-state index in [1.807, 2.05) is 48.5 Å². The molecule has 2 aromatic carbocycles. The van der Waals surface area contributed by atoms with Crippen LogP contribution < -0.4 is 14.8 Å². The molecule has 5 nitrogen and oxygen atoms in total. The Labute approximate surface area is 160 Å². The molecule has 0 aliphatic carbocycles. The molecule has 1 aliphatic heterocycles. The molecule has 6 heteroatoms. The van der Waals surface area contributed by atoms with Crippen LogP contribution in [0.15, 0.2) is 48.5 Å². The van der Waals surface area contributed by atoms with Crippen LogP contribution in [0.4, 0.5) is 5.69 Å². The molecule has 2 aromatic rings. The summed E-state index contributed by atoms with van der Waals surface area (Å²) in [6, 6.07) is 14.9. The van der Waals surface area contributed by atoms with Gasteiger partial charge in [-0.2, -0.15) is 0 Å². The highest BCUT2D eigenvalue weighted by Crippen LogP contribution is 2.19. The fourth-order valence-electron chi connectivity index (χ4n) is 2.48. The summed E-state index contributed by atoms with van der Waals surface area (Å²) >= 11 is 2.22. The largest absolute Gasteiger partial charge is 0.491 e. The second-order valence-electron chi connectivity index (χ2n) is 5.76. The normalized spacial score (nSPS) is 16.4. The number of amides is 1. The van der Waals surface area contributed by atoms with Crippen LogP contribution >= 0.6 is 22.6 Å². The van der Waals surface area contributed by atoms with Gasteiger partial charge in [0.1, 0.15) is 18.1 Å². The van der Waals surface area contributed by atoms with Crippen molar-refractivity contribution in [1.82, 2.24) is 0 Å². The van der Waals surface area contributed by atoms with Gasteiger partial charge in [0, 0.05) is 15.9 Å². The van der Waals surface area contributed by atoms with E-state index in [2.05, 4.69) is 27.9 Å². The molecule has 3 rings (SSSR count). The maximum Gasteiger partial charge on any atom is 0.262 e. The Hall–Kier alpha value is -1.80. The van der Waals surface area contributed by atoms with E-state index < -0.39 is 0 Å². The van der Waals surface area contributed by atoms with Gasteiger partial charge in [0.25, 0.3) is 5.91 Å². The zero-order valence-electron chi connectivity index (χ0n) is 13.7. The zero-order valence-corrected chi connectivity index (χ0v) is 15.9. The second-order valence-corrected chi connectivity index (χ2v) is 7.01. The van der Waals surface area contributed by atoms with E-state index in [0.29, 0.717) is 18.0 Å². The summed E-state index contributed by atoms with van der Waals surface area (Å²) in [7, 11) is 0. The number of halogens is 1. The first kappa shape index (κ1) is 18.0. The zero-order chi connectivity index (χ0) is 17.5. The van der Waals surface area contributed by atoms with Gasteiger partial charge in [0.05, 0.1) is 6.10 Å². The van der Waals surface area contributed by atoms with Gasteiger partial charge in [-0.1, -0.05) is 0 Å². The van der Waals surface area contributed by atoms with Crippen molar-refractivity contribution in [2.24, 2.45) is 0 Å². The monoisotopic (exact) mass is 453 g/mol. The Morgan fingerprint density at radius 1 is 1.08 bits per heavy atom. The topological polar surface area (TPSA) is 56.8 Å². The summed E-state index contributed by atoms with van der Waals surface area (Å²) in [5.41, 5.74) is 0.709. The minimum Gasteiger partial charge on any atom is -0.491 e. The molecule has 1 fully saturated rings. The van der Waals surface area contributed by atoms with E-state index in [0.717, 1.165) is 28.8 Å². The van der Waals surface area contributed by atoms with Crippen LogP contribution in [0.2, 0.25) is 0 Å². The molecule has 1 atom stereocenters. The van der Waals surface area contributed by atoms with E-state index in [9.17, 15) is 4.79 Å². The first-order valence-corrected chi connectivity index (χ1v) is 9.29. The van der Waals surface area contributed by atoms with Crippen molar-refractivity contribution >= 4 is 34.2 Å². The van der Waals surface area contributed by atoms with Crippen molar-refractivity contribution < 1.29 is 19.0 Å². The third kappa shape index (κ3) is 5.89. The number of hydrogen-bond acceptors (Lipinski definition) is 4. The number of benzene rings is 2. The molecular weight excluding hydrogens is 433 g/mol. The van der Waals surface area contributed by atoms with Crippen LogP contribution in [0.25, 0.3) is 0 Å². The molecule has 1 amide bonds. The van der Waals surface area contributed by atoms with Crippen molar-refractivity contribution in [2.75, 3.05) is 25.1 Å². The minimum atomic E-state index is -0.202. The van der Waals surface area contributed by atoms with E-state index >= 15 is 0 Å². The summed E-state index contributed by atoms with van der Waals surface area (Å²) in [5.74, 6) is 1.24. The predicted octanol–water partition coefficient (Wildman–Crippen LogP) is 3.87. The highest BCUT2D eigenvalue weighted by atomic mass is 127. The van der Waals surface area contributed by atoms with Gasteiger partial charge >= 0.3 is 0 Å². The number of ether oxygens (including phenoxy) is 3. The van der Waals surface area contributed by atoms with Crippen LogP contribution in [0.1, 0.15) is 12.8 Å². The van der Waals surface area contributed by atoms with Crippen molar-refractivity contribution in [3.63, 3.8) is 0 Å². The molecule has 0 radical (unpaired) electrons. The standard InChI is InChI=1S/C19H20INO4/c20-14-3-7-16(8-4-14)25-13-19(22)21-15-5-9-17(10-6-15)24-12-18-2-1-11-23-18/h3-10,18H,1-2,11-13H2,(H,21,22). The quantitative estimate of drug-likeness (QED) is 0.647. The maximum absolute atomic E-state index is 12.0. The molecule has 1 aliphatic rings. The number of hydrogen-bond donors (Lipinski definition) is 1. The third-order valence-corrected chi connectivity index (χ3v) is 4.50. The molecular formula is C19H20INO4. The molecule has 1 N–H and O–H groups in total. The highest BCUT2D eigenvalue weighted by molar-refractivity contribution is 14.1. The van der Waals surface area contributed by atoms with Crippen LogP contribution in [0, 0.1) is 3.57 Å². The van der Waals surface area contributed by atoms with Crippen LogP contribution in [-0.4, -0.2) is 31.8 Å². The molecule has 0 spiro atoms. The molecule has 1 unspecified atom stereocenters. The van der Waals surface area contributed by atoms with Crippen molar-refractivity contribution in [3.05, 3.63) is 52.1 Å². The number of carbonyl (C=O) groups is 1. The van der Waals surface area contributed by atoms with Crippen LogP contribution in [0.3, 0.4) is 0 Å². The van der Waals surface area contributed by atoms with Gasteiger partial charge in [0.15, 0.2) is 6.61 Å². The van der Waals surface area contributed by atoms with Gasteiger partial charge in [-0.15, -0.1) is 0 Å². The lowest BCUT2D eigenvalue weighted by molar-refractivity contribution is -0.118. The van der Waals surface area contributed by atoms with Crippen molar-refractivity contribution in [3.8, 4) is 11.5 Å². The van der Waals surface area contributed by atoms with Crippen LogP contribution in [-0.2, 0) is 9.53 Å². The average Bonchev–Trinajstić information content (AvgIpc) is 3.14. The SMILES string of the molecule is O=C(COc1ccc(I)cc1)Nc1ccc(OCC2CCCO2)cc1. The molecule has 1 saturated heterocycles. The second kappa shape index (κ2) is 9.05. The smallest absolute Gasteiger partial charge is 0.262 e. The Balaban J connectivity index is 1.42. The van der Waals surface area contributed by atoms with Gasteiger partial charge in [-0.3, -0.25) is 4.79 Å². The van der Waals surface area contributed by atoms with Crippen LogP contribution in [0.5, 0.6) is 11.5 Å². The van der Waals surface area contributed by atoms with E-state index in [-0.39, 0.29) is 18.6 Å². The Morgan fingerprint density at radius 3 is 2.44 bits per heavy atom. The fourth-order valence-corrected chi connectivity index (χ4v) is 2.84. The number of nitrogens with one attached hydrogen (secondary N) is 1. The van der Waals surface area contributed by atoms with E-state index in [1.165, 1.54) is 0 Å². The third-order valence-electron chi connectivity index (χ3n) is 3.78. The lowest BCUT2D eigenvalue weighted by Crippen LogP contribution is -2.20. The highest BCUT2D eigenvalue weighted by Gasteiger charge is 2.15. The summed E-state index contributed by atoms with van der Waals surface area (Å²) in [4.78, 5) is 12.0. The molecule has 0 aromatic heterocycles. The molecule has 1 heterocycles. The number of anilines is 1. The van der Waals surface area contributed by atoms with Gasteiger partial charge < -0.3 is 19.5 Å². The first-order chi connectivity index (χ1) is 12.2. The Kier molecular flexibility index (Phi) is 6.52. The van der Waals surface area contributed by atoms with E-state index in [1.54, 1.807) is 0 Å². The minimum absolute atomic E-state index is 0.0299. The van der Waals surface area contributed by atoms with Crippen molar-refractivity contribution in [1.29, 1.82) is 0 Å². The molecule has 0 saturated carbocycles. The summed E-state index contributed by atoms with van der Waals surface area (Å²) in [6.45, 7) is 1.36. The summed E-state index contributed by atoms with van der Waals surface area (Å²) in [6.07, 6.45) is 2.34. The van der Waals surface area contributed by atoms with Gasteiger partial charge in [-0.25, -0.2) is 0 Å². The Bertz CT molecular complexity index is 682. The van der Waals surface area contributed by atoms with Gasteiger partial charge in [0.2, 0.25) is 0 Å². The first-order valence-electron chi connectivity index (χ1n) is 8.22. The van der Waals surface area contributed by atoms with Crippen molar-refractivity contribution in [2.45, 2.75) is 18.9 Å². The predicted molar refractivity (Wildman–Crippen MR) is 104 cm³/mol. The van der Waals surface area contributed by atoms with Gasteiger partial charge in [-0.05, 0) is 84.0 Å². The van der Waals surface area contributed by atoms with E-state index in [4.69, 9.17) is 14.2 Å². The Morgan fingerprint density at radius 2 is 1.76 bits per heavy atom. The number of rotatable bonds is 7. The maximum atomic E-state index is 12.0. The lowest BCUT2D eigenvalue weighted by atomic mass is 10.2. The lowest BCUT2D eigenvalue weighted by Gasteiger charge is -2.12. The molecule has 132 valence electrons. The fraction of sp³-hybridized carbons (Fsp3) is 0.316. The summed E-state index contributed by atoms with van der Waals surface area (Å²) < 4.78 is 17.8. The molecule has 0 bridgehead atoms. The summed E-state index contributed by atoms with van der Waals surface area (Å²) in [5, 5.41) is 2.80. The number of carbonyl (C=O) groups excluding carboxylic acids is 1. The average molecular weight is 453 g/mol. The molecule has 25 heavy (non-hydrogen) atoms.